The van der Waals surface area contributed by atoms with E-state index >= 15 is 0 Å². The Kier molecular flexibility index (Phi) is 4.31. The van der Waals surface area contributed by atoms with Gasteiger partial charge in [-0.3, -0.25) is 0 Å². The SMILES string of the molecule is CC(NCc1cc(F)cc(Br)c1)c1ccsc1. The molecular formula is C13H13BrFNS. The van der Waals surface area contributed by atoms with Crippen LogP contribution in [0.1, 0.15) is 24.1 Å². The van der Waals surface area contributed by atoms with Crippen LogP contribution in [0.4, 0.5) is 4.39 Å². The molecule has 1 nitrogen and oxygen atoms in total. The van der Waals surface area contributed by atoms with E-state index in [-0.39, 0.29) is 11.9 Å². The molecule has 0 bridgehead atoms. The highest BCUT2D eigenvalue weighted by molar-refractivity contribution is 9.10. The highest BCUT2D eigenvalue weighted by atomic mass is 79.9. The maximum Gasteiger partial charge on any atom is 0.124 e. The third kappa shape index (κ3) is 3.63. The van der Waals surface area contributed by atoms with Gasteiger partial charge in [0.05, 0.1) is 0 Å². The number of nitrogens with one attached hydrogen (secondary N) is 1. The smallest absolute Gasteiger partial charge is 0.124 e. The van der Waals surface area contributed by atoms with Crippen molar-refractivity contribution in [1.29, 1.82) is 0 Å². The van der Waals surface area contributed by atoms with Crippen molar-refractivity contribution in [2.24, 2.45) is 0 Å². The standard InChI is InChI=1S/C13H13BrFNS/c1-9(11-2-3-17-8-11)16-7-10-4-12(14)6-13(15)5-10/h2-6,8-9,16H,7H2,1H3. The molecule has 0 fully saturated rings. The quantitative estimate of drug-likeness (QED) is 0.876. The predicted octanol–water partition coefficient (Wildman–Crippen LogP) is 4.50. The third-order valence-corrected chi connectivity index (χ3v) is 3.74. The summed E-state index contributed by atoms with van der Waals surface area (Å²) in [5.41, 5.74) is 2.21. The minimum atomic E-state index is -0.209. The van der Waals surface area contributed by atoms with Crippen molar-refractivity contribution in [2.75, 3.05) is 0 Å². The highest BCUT2D eigenvalue weighted by Crippen LogP contribution is 2.18. The topological polar surface area (TPSA) is 12.0 Å². The van der Waals surface area contributed by atoms with E-state index in [1.165, 1.54) is 11.6 Å². The van der Waals surface area contributed by atoms with Gasteiger partial charge in [0.1, 0.15) is 5.82 Å². The van der Waals surface area contributed by atoms with Gasteiger partial charge in [-0.2, -0.15) is 11.3 Å². The van der Waals surface area contributed by atoms with Gasteiger partial charge in [-0.1, -0.05) is 15.9 Å². The van der Waals surface area contributed by atoms with Gasteiger partial charge in [-0.05, 0) is 53.1 Å². The lowest BCUT2D eigenvalue weighted by molar-refractivity contribution is 0.570. The first-order chi connectivity index (χ1) is 8.15. The summed E-state index contributed by atoms with van der Waals surface area (Å²) in [5.74, 6) is -0.209. The van der Waals surface area contributed by atoms with E-state index < -0.39 is 0 Å². The second-order valence-corrected chi connectivity index (χ2v) is 5.63. The van der Waals surface area contributed by atoms with Crippen LogP contribution in [-0.4, -0.2) is 0 Å². The van der Waals surface area contributed by atoms with Gasteiger partial charge in [0.25, 0.3) is 0 Å². The van der Waals surface area contributed by atoms with Crippen molar-refractivity contribution in [3.63, 3.8) is 0 Å². The van der Waals surface area contributed by atoms with Crippen LogP contribution in [0.3, 0.4) is 0 Å². The molecule has 0 saturated carbocycles. The van der Waals surface area contributed by atoms with Crippen molar-refractivity contribution in [2.45, 2.75) is 19.5 Å². The molecule has 0 aliphatic rings. The van der Waals surface area contributed by atoms with Crippen molar-refractivity contribution in [1.82, 2.24) is 5.32 Å². The molecule has 17 heavy (non-hydrogen) atoms. The van der Waals surface area contributed by atoms with E-state index in [2.05, 4.69) is 45.0 Å². The molecule has 0 amide bonds. The van der Waals surface area contributed by atoms with Crippen LogP contribution in [0.25, 0.3) is 0 Å². The molecule has 1 heterocycles. The predicted molar refractivity (Wildman–Crippen MR) is 73.7 cm³/mol. The van der Waals surface area contributed by atoms with Crippen molar-refractivity contribution >= 4 is 27.3 Å². The van der Waals surface area contributed by atoms with Crippen molar-refractivity contribution in [3.8, 4) is 0 Å². The van der Waals surface area contributed by atoms with Crippen molar-refractivity contribution < 1.29 is 4.39 Å². The first-order valence-electron chi connectivity index (χ1n) is 5.35. The van der Waals surface area contributed by atoms with Gasteiger partial charge in [0, 0.05) is 17.1 Å². The molecule has 1 aromatic carbocycles. The lowest BCUT2D eigenvalue weighted by Gasteiger charge is -2.12. The summed E-state index contributed by atoms with van der Waals surface area (Å²) in [6, 6.07) is 7.33. The number of halogens is 2. The molecule has 4 heteroatoms. The molecule has 0 radical (unpaired) electrons. The Bertz CT molecular complexity index is 464. The maximum absolute atomic E-state index is 13.2. The molecule has 0 saturated heterocycles. The summed E-state index contributed by atoms with van der Waals surface area (Å²) in [6.07, 6.45) is 0. The molecule has 0 aliphatic heterocycles. The fourth-order valence-corrected chi connectivity index (χ4v) is 2.89. The Morgan fingerprint density at radius 3 is 2.88 bits per heavy atom. The zero-order valence-electron chi connectivity index (χ0n) is 9.41. The fourth-order valence-electron chi connectivity index (χ4n) is 1.62. The number of benzene rings is 1. The normalized spacial score (nSPS) is 12.6. The van der Waals surface area contributed by atoms with Gasteiger partial charge < -0.3 is 5.32 Å². The minimum absolute atomic E-state index is 0.209. The van der Waals surface area contributed by atoms with E-state index in [4.69, 9.17) is 0 Å². The number of hydrogen-bond donors (Lipinski definition) is 1. The second kappa shape index (κ2) is 5.76. The van der Waals surface area contributed by atoms with Crippen LogP contribution in [0.15, 0.2) is 39.5 Å². The Balaban J connectivity index is 1.98. The van der Waals surface area contributed by atoms with Gasteiger partial charge in [0.15, 0.2) is 0 Å². The number of thiophene rings is 1. The first kappa shape index (κ1) is 12.7. The lowest BCUT2D eigenvalue weighted by atomic mass is 10.1. The fraction of sp³-hybridized carbons (Fsp3) is 0.231. The van der Waals surface area contributed by atoms with Gasteiger partial charge in [0.2, 0.25) is 0 Å². The Morgan fingerprint density at radius 2 is 2.24 bits per heavy atom. The van der Waals surface area contributed by atoms with Gasteiger partial charge in [-0.25, -0.2) is 4.39 Å². The average molecular weight is 314 g/mol. The van der Waals surface area contributed by atoms with E-state index in [1.807, 2.05) is 6.07 Å². The van der Waals surface area contributed by atoms with E-state index in [1.54, 1.807) is 17.4 Å². The molecule has 90 valence electrons. The largest absolute Gasteiger partial charge is 0.306 e. The third-order valence-electron chi connectivity index (χ3n) is 2.58. The molecule has 2 aromatic rings. The number of rotatable bonds is 4. The summed E-state index contributed by atoms with van der Waals surface area (Å²) >= 11 is 4.98. The number of hydrogen-bond acceptors (Lipinski definition) is 2. The molecule has 1 aromatic heterocycles. The monoisotopic (exact) mass is 313 g/mol. The molecule has 2 rings (SSSR count). The zero-order chi connectivity index (χ0) is 12.3. The van der Waals surface area contributed by atoms with Crippen LogP contribution in [0.5, 0.6) is 0 Å². The summed E-state index contributed by atoms with van der Waals surface area (Å²) in [7, 11) is 0. The van der Waals surface area contributed by atoms with Crippen LogP contribution in [-0.2, 0) is 6.54 Å². The summed E-state index contributed by atoms with van der Waals surface area (Å²) < 4.78 is 13.9. The Hall–Kier alpha value is -0.710. The Labute approximate surface area is 113 Å². The molecule has 1 N–H and O–H groups in total. The average Bonchev–Trinajstić information content (AvgIpc) is 2.78. The van der Waals surface area contributed by atoms with Crippen LogP contribution in [0, 0.1) is 5.82 Å². The lowest BCUT2D eigenvalue weighted by Crippen LogP contribution is -2.17. The first-order valence-corrected chi connectivity index (χ1v) is 7.09. The zero-order valence-corrected chi connectivity index (χ0v) is 11.8. The van der Waals surface area contributed by atoms with E-state index in [9.17, 15) is 4.39 Å². The summed E-state index contributed by atoms with van der Waals surface area (Å²) in [5, 5.41) is 7.56. The second-order valence-electron chi connectivity index (χ2n) is 3.94. The maximum atomic E-state index is 13.2. The minimum Gasteiger partial charge on any atom is -0.306 e. The van der Waals surface area contributed by atoms with Crippen molar-refractivity contribution in [3.05, 3.63) is 56.4 Å². The molecule has 1 atom stereocenters. The molecule has 0 aliphatic carbocycles. The van der Waals surface area contributed by atoms with Crippen LogP contribution >= 0.6 is 27.3 Å². The Morgan fingerprint density at radius 1 is 1.41 bits per heavy atom. The highest BCUT2D eigenvalue weighted by Gasteiger charge is 2.05. The molecule has 1 unspecified atom stereocenters. The van der Waals surface area contributed by atoms with Crippen LogP contribution < -0.4 is 5.32 Å². The molecular weight excluding hydrogens is 301 g/mol. The molecule has 0 spiro atoms. The van der Waals surface area contributed by atoms with E-state index in [0.717, 1.165) is 10.0 Å². The summed E-state index contributed by atoms with van der Waals surface area (Å²) in [6.45, 7) is 2.77. The van der Waals surface area contributed by atoms with Crippen LogP contribution in [0.2, 0.25) is 0 Å². The van der Waals surface area contributed by atoms with E-state index in [0.29, 0.717) is 6.54 Å². The van der Waals surface area contributed by atoms with Gasteiger partial charge in [-0.15, -0.1) is 0 Å². The van der Waals surface area contributed by atoms with Gasteiger partial charge >= 0.3 is 0 Å². The summed E-state index contributed by atoms with van der Waals surface area (Å²) in [4.78, 5) is 0.